The maximum Gasteiger partial charge on any atom is 0.229 e. The predicted molar refractivity (Wildman–Crippen MR) is 169 cm³/mol. The number of carbonyl (C=O) groups excluding carboxylic acids is 1. The van der Waals surface area contributed by atoms with Gasteiger partial charge in [0.1, 0.15) is 15.7 Å². The van der Waals surface area contributed by atoms with E-state index < -0.39 is 21.1 Å². The number of halogens is 1. The number of aromatic amines is 2. The number of rotatable bonds is 7. The maximum atomic E-state index is 14.6. The van der Waals surface area contributed by atoms with Gasteiger partial charge in [0.2, 0.25) is 5.91 Å². The second-order valence-electron chi connectivity index (χ2n) is 11.9. The van der Waals surface area contributed by atoms with Gasteiger partial charge in [0, 0.05) is 57.7 Å². The van der Waals surface area contributed by atoms with Crippen molar-refractivity contribution in [3.63, 3.8) is 0 Å². The number of nitrogens with zero attached hydrogens (tertiary/aromatic N) is 4. The SMILES string of the molecule is CC(C)(C)C(=O)Nc1cncc(-c2cnc3n[nH]c(-c4cc5c(-c6cc(F)cc(CCS(C)(=O)=O)c6)cncc5[nH]4)c3c2)c1. The van der Waals surface area contributed by atoms with Crippen molar-refractivity contribution in [2.45, 2.75) is 27.2 Å². The monoisotopic (exact) mass is 611 g/mol. The Morgan fingerprint density at radius 3 is 2.45 bits per heavy atom. The zero-order valence-corrected chi connectivity index (χ0v) is 25.4. The number of amides is 1. The summed E-state index contributed by atoms with van der Waals surface area (Å²) in [7, 11) is -3.19. The molecule has 12 heteroatoms. The molecule has 6 aromatic rings. The molecule has 0 atom stereocenters. The van der Waals surface area contributed by atoms with Gasteiger partial charge >= 0.3 is 0 Å². The first kappa shape index (κ1) is 29.1. The molecular formula is C32H30FN7O3S. The van der Waals surface area contributed by atoms with Crippen LogP contribution in [0, 0.1) is 11.2 Å². The highest BCUT2D eigenvalue weighted by Crippen LogP contribution is 2.35. The molecule has 0 unspecified atom stereocenters. The Kier molecular flexibility index (Phi) is 7.24. The van der Waals surface area contributed by atoms with Crippen molar-refractivity contribution in [2.75, 3.05) is 17.3 Å². The average Bonchev–Trinajstić information content (AvgIpc) is 3.59. The van der Waals surface area contributed by atoms with E-state index in [1.807, 2.05) is 39.0 Å². The molecule has 5 heterocycles. The Labute approximate surface area is 253 Å². The number of fused-ring (bicyclic) bond motifs is 2. The molecule has 0 saturated heterocycles. The molecule has 0 radical (unpaired) electrons. The van der Waals surface area contributed by atoms with Gasteiger partial charge in [0.25, 0.3) is 0 Å². The van der Waals surface area contributed by atoms with Crippen LogP contribution in [-0.2, 0) is 21.1 Å². The number of anilines is 1. The number of nitrogens with one attached hydrogen (secondary N) is 3. The van der Waals surface area contributed by atoms with Crippen molar-refractivity contribution in [3.05, 3.63) is 78.8 Å². The Hall–Kier alpha value is -4.97. The van der Waals surface area contributed by atoms with Gasteiger partial charge in [0.15, 0.2) is 5.65 Å². The van der Waals surface area contributed by atoms with E-state index in [1.165, 1.54) is 18.4 Å². The van der Waals surface area contributed by atoms with Crippen LogP contribution in [0.15, 0.2) is 67.4 Å². The van der Waals surface area contributed by atoms with E-state index in [2.05, 4.69) is 35.5 Å². The Morgan fingerprint density at radius 1 is 0.909 bits per heavy atom. The highest BCUT2D eigenvalue weighted by Gasteiger charge is 2.22. The molecular weight excluding hydrogens is 581 g/mol. The number of aromatic nitrogens is 6. The highest BCUT2D eigenvalue weighted by molar-refractivity contribution is 7.90. The van der Waals surface area contributed by atoms with Crippen molar-refractivity contribution in [1.82, 2.24) is 30.1 Å². The quantitative estimate of drug-likeness (QED) is 0.202. The Bertz CT molecular complexity index is 2160. The minimum atomic E-state index is -3.19. The molecule has 44 heavy (non-hydrogen) atoms. The molecule has 0 aliphatic heterocycles. The van der Waals surface area contributed by atoms with Gasteiger partial charge in [-0.1, -0.05) is 26.8 Å². The van der Waals surface area contributed by atoms with Gasteiger partial charge in [-0.05, 0) is 47.9 Å². The van der Waals surface area contributed by atoms with Crippen LogP contribution in [0.25, 0.3) is 55.6 Å². The fraction of sp³-hybridized carbons (Fsp3) is 0.219. The lowest BCUT2D eigenvalue weighted by atomic mass is 9.95. The zero-order valence-electron chi connectivity index (χ0n) is 24.6. The number of carbonyl (C=O) groups is 1. The van der Waals surface area contributed by atoms with E-state index in [0.717, 1.165) is 33.1 Å². The van der Waals surface area contributed by atoms with Gasteiger partial charge in [-0.25, -0.2) is 17.8 Å². The topological polar surface area (TPSA) is 146 Å². The molecule has 10 nitrogen and oxygen atoms in total. The number of pyridine rings is 3. The van der Waals surface area contributed by atoms with Crippen molar-refractivity contribution >= 4 is 43.4 Å². The number of sulfone groups is 1. The Morgan fingerprint density at radius 2 is 1.68 bits per heavy atom. The summed E-state index contributed by atoms with van der Waals surface area (Å²) in [4.78, 5) is 29.1. The molecule has 6 rings (SSSR count). The van der Waals surface area contributed by atoms with Crippen molar-refractivity contribution in [1.29, 1.82) is 0 Å². The lowest BCUT2D eigenvalue weighted by Crippen LogP contribution is -2.27. The van der Waals surface area contributed by atoms with Crippen LogP contribution >= 0.6 is 0 Å². The van der Waals surface area contributed by atoms with Crippen LogP contribution in [-0.4, -0.2) is 56.5 Å². The molecule has 0 aliphatic rings. The molecule has 3 N–H and O–H groups in total. The largest absolute Gasteiger partial charge is 0.352 e. The molecule has 0 spiro atoms. The van der Waals surface area contributed by atoms with Gasteiger partial charge in [-0.15, -0.1) is 0 Å². The highest BCUT2D eigenvalue weighted by atomic mass is 32.2. The lowest BCUT2D eigenvalue weighted by Gasteiger charge is -2.17. The summed E-state index contributed by atoms with van der Waals surface area (Å²) in [6, 6.07) is 10.3. The summed E-state index contributed by atoms with van der Waals surface area (Å²) in [5, 5.41) is 12.0. The van der Waals surface area contributed by atoms with E-state index in [9.17, 15) is 17.6 Å². The van der Waals surface area contributed by atoms with E-state index in [0.29, 0.717) is 33.7 Å². The first-order valence-corrected chi connectivity index (χ1v) is 16.0. The Balaban J connectivity index is 1.37. The first-order chi connectivity index (χ1) is 20.8. The van der Waals surface area contributed by atoms with Crippen LogP contribution in [0.3, 0.4) is 0 Å². The number of hydrogen-bond donors (Lipinski definition) is 3. The van der Waals surface area contributed by atoms with Crippen molar-refractivity contribution < 1.29 is 17.6 Å². The van der Waals surface area contributed by atoms with Gasteiger partial charge in [0.05, 0.1) is 40.7 Å². The molecule has 0 saturated carbocycles. The van der Waals surface area contributed by atoms with E-state index in [1.54, 1.807) is 37.1 Å². The van der Waals surface area contributed by atoms with Crippen LogP contribution < -0.4 is 5.32 Å². The van der Waals surface area contributed by atoms with Crippen LogP contribution in [0.1, 0.15) is 26.3 Å². The number of H-pyrrole nitrogens is 2. The van der Waals surface area contributed by atoms with Gasteiger partial charge < -0.3 is 10.3 Å². The smallest absolute Gasteiger partial charge is 0.229 e. The molecule has 0 aliphatic carbocycles. The second-order valence-corrected chi connectivity index (χ2v) is 14.2. The molecule has 5 aromatic heterocycles. The third kappa shape index (κ3) is 6.06. The lowest BCUT2D eigenvalue weighted by molar-refractivity contribution is -0.123. The maximum absolute atomic E-state index is 14.6. The number of hydrogen-bond acceptors (Lipinski definition) is 7. The normalized spacial score (nSPS) is 12.2. The van der Waals surface area contributed by atoms with Crippen LogP contribution in [0.5, 0.6) is 0 Å². The third-order valence-electron chi connectivity index (χ3n) is 7.27. The minimum Gasteiger partial charge on any atom is -0.352 e. The molecule has 1 aromatic carbocycles. The molecule has 224 valence electrons. The van der Waals surface area contributed by atoms with E-state index in [4.69, 9.17) is 0 Å². The van der Waals surface area contributed by atoms with Crippen molar-refractivity contribution in [3.8, 4) is 33.6 Å². The third-order valence-corrected chi connectivity index (χ3v) is 8.21. The van der Waals surface area contributed by atoms with E-state index in [-0.39, 0.29) is 18.1 Å². The van der Waals surface area contributed by atoms with Crippen LogP contribution in [0.2, 0.25) is 0 Å². The summed E-state index contributed by atoms with van der Waals surface area (Å²) >= 11 is 0. The predicted octanol–water partition coefficient (Wildman–Crippen LogP) is 5.94. The number of aryl methyl sites for hydroxylation is 1. The van der Waals surface area contributed by atoms with Gasteiger partial charge in [-0.2, -0.15) is 5.10 Å². The summed E-state index contributed by atoms with van der Waals surface area (Å²) in [6.45, 7) is 5.54. The summed E-state index contributed by atoms with van der Waals surface area (Å²) in [5.41, 5.74) is 6.18. The molecule has 1 amide bonds. The molecule has 0 fully saturated rings. The standard InChI is InChI=1S/C32H30FN7O3S/c1-32(2,3)31(41)37-23-10-20(13-34-15-23)21-11-25-29(39-40-30(25)36-14-21)27-12-24-26(16-35-17-28(24)38-27)19-7-18(8-22(33)9-19)5-6-44(4,42)43/h7-17,38H,5-6H2,1-4H3,(H,37,41)(H,36,39,40). The second kappa shape index (κ2) is 10.9. The first-order valence-electron chi connectivity index (χ1n) is 13.9. The van der Waals surface area contributed by atoms with Crippen molar-refractivity contribution in [2.24, 2.45) is 5.41 Å². The zero-order chi connectivity index (χ0) is 31.2. The summed E-state index contributed by atoms with van der Waals surface area (Å²) in [5.74, 6) is -0.631. The molecule has 0 bridgehead atoms. The van der Waals surface area contributed by atoms with Crippen LogP contribution in [0.4, 0.5) is 10.1 Å². The minimum absolute atomic E-state index is 0.0680. The average molecular weight is 612 g/mol. The summed E-state index contributed by atoms with van der Waals surface area (Å²) in [6.07, 6.45) is 9.75. The summed E-state index contributed by atoms with van der Waals surface area (Å²) < 4.78 is 38.0. The van der Waals surface area contributed by atoms with E-state index >= 15 is 0 Å². The fourth-order valence-electron chi connectivity index (χ4n) is 4.92. The number of benzene rings is 1. The fourth-order valence-corrected chi connectivity index (χ4v) is 5.52. The van der Waals surface area contributed by atoms with Gasteiger partial charge in [-0.3, -0.25) is 19.9 Å².